The molecule has 0 spiro atoms. The molecule has 3 N–H and O–H groups in total. The van der Waals surface area contributed by atoms with Crippen molar-refractivity contribution >= 4 is 21.6 Å². The van der Waals surface area contributed by atoms with E-state index in [1.54, 1.807) is 18.2 Å². The van der Waals surface area contributed by atoms with E-state index < -0.39 is 16.1 Å². The summed E-state index contributed by atoms with van der Waals surface area (Å²) >= 11 is 0. The third-order valence-electron chi connectivity index (χ3n) is 5.17. The molecule has 1 aliphatic heterocycles. The Hall–Kier alpha value is -2.46. The van der Waals surface area contributed by atoms with Crippen molar-refractivity contribution in [1.29, 1.82) is 0 Å². The Morgan fingerprint density at radius 3 is 2.63 bits per heavy atom. The summed E-state index contributed by atoms with van der Waals surface area (Å²) in [5.74, 6) is 0.136. The molecule has 1 saturated heterocycles. The van der Waals surface area contributed by atoms with Crippen LogP contribution in [0.15, 0.2) is 47.4 Å². The molecule has 2 unspecified atom stereocenters. The van der Waals surface area contributed by atoms with Gasteiger partial charge in [-0.2, -0.15) is 0 Å². The summed E-state index contributed by atoms with van der Waals surface area (Å²) in [5.41, 5.74) is 8.77. The van der Waals surface area contributed by atoms with E-state index in [2.05, 4.69) is 23.1 Å². The number of hydrazine groups is 1. The van der Waals surface area contributed by atoms with E-state index in [9.17, 15) is 13.2 Å². The number of hydrogen-bond donors (Lipinski definition) is 3. The number of anilines is 1. The molecule has 8 nitrogen and oxygen atoms in total. The second-order valence-corrected chi connectivity index (χ2v) is 9.49. The predicted octanol–water partition coefficient (Wildman–Crippen LogP) is 2.05. The molecular formula is C21H28N4O4S. The second kappa shape index (κ2) is 9.13. The molecule has 0 saturated carbocycles. The molecule has 2 aromatic rings. The molecule has 1 amide bonds. The van der Waals surface area contributed by atoms with Gasteiger partial charge in [-0.15, -0.1) is 0 Å². The zero-order valence-corrected chi connectivity index (χ0v) is 18.4. The standard InChI is InChI=1S/C21H28N4O4S/c1-5-14-7-6-8-16(11-14)22-21(26)18-13-17(23-24-18)15-9-10-19(29-4)20(12-15)30(27,28)25(2)3/h6-12,17-18,23-24H,5,13H2,1-4H3,(H,22,26). The molecule has 9 heteroatoms. The zero-order valence-electron chi connectivity index (χ0n) is 17.6. The van der Waals surface area contributed by atoms with Gasteiger partial charge in [0.05, 0.1) is 7.11 Å². The number of amides is 1. The van der Waals surface area contributed by atoms with E-state index in [4.69, 9.17) is 4.74 Å². The number of carbonyl (C=O) groups is 1. The molecule has 0 aromatic heterocycles. The van der Waals surface area contributed by atoms with Crippen molar-refractivity contribution in [3.8, 4) is 5.75 Å². The van der Waals surface area contributed by atoms with Gasteiger partial charge in [0.15, 0.2) is 0 Å². The van der Waals surface area contributed by atoms with Crippen LogP contribution in [0.4, 0.5) is 5.69 Å². The van der Waals surface area contributed by atoms with E-state index in [1.807, 2.05) is 24.3 Å². The lowest BCUT2D eigenvalue weighted by Gasteiger charge is -2.17. The fourth-order valence-corrected chi connectivity index (χ4v) is 4.44. The summed E-state index contributed by atoms with van der Waals surface area (Å²) < 4.78 is 31.7. The van der Waals surface area contributed by atoms with Crippen molar-refractivity contribution in [1.82, 2.24) is 15.2 Å². The van der Waals surface area contributed by atoms with Gasteiger partial charge in [0.25, 0.3) is 0 Å². The Bertz CT molecular complexity index is 1020. The maximum absolute atomic E-state index is 12.7. The maximum Gasteiger partial charge on any atom is 0.246 e. The molecule has 30 heavy (non-hydrogen) atoms. The van der Waals surface area contributed by atoms with Crippen molar-refractivity contribution in [3.05, 3.63) is 53.6 Å². The first kappa shape index (κ1) is 22.2. The summed E-state index contributed by atoms with van der Waals surface area (Å²) in [6.45, 7) is 2.06. The summed E-state index contributed by atoms with van der Waals surface area (Å²) in [6.07, 6.45) is 1.37. The summed E-state index contributed by atoms with van der Waals surface area (Å²) in [6, 6.07) is 12.1. The van der Waals surface area contributed by atoms with Gasteiger partial charge in [0.1, 0.15) is 16.7 Å². The summed E-state index contributed by atoms with van der Waals surface area (Å²) in [4.78, 5) is 12.8. The first-order chi connectivity index (χ1) is 14.3. The minimum Gasteiger partial charge on any atom is -0.495 e. The van der Waals surface area contributed by atoms with Gasteiger partial charge < -0.3 is 10.1 Å². The Labute approximate surface area is 177 Å². The molecule has 2 aromatic carbocycles. The quantitative estimate of drug-likeness (QED) is 0.619. The van der Waals surface area contributed by atoms with E-state index in [-0.39, 0.29) is 22.6 Å². The van der Waals surface area contributed by atoms with Crippen LogP contribution in [0, 0.1) is 0 Å². The van der Waals surface area contributed by atoms with Crippen molar-refractivity contribution in [2.75, 3.05) is 26.5 Å². The van der Waals surface area contributed by atoms with Crippen molar-refractivity contribution in [2.45, 2.75) is 36.7 Å². The number of nitrogens with zero attached hydrogens (tertiary/aromatic N) is 1. The number of benzene rings is 2. The molecular weight excluding hydrogens is 404 g/mol. The summed E-state index contributed by atoms with van der Waals surface area (Å²) in [5, 5.41) is 2.94. The van der Waals surface area contributed by atoms with Crippen molar-refractivity contribution in [3.63, 3.8) is 0 Å². The Morgan fingerprint density at radius 1 is 1.20 bits per heavy atom. The van der Waals surface area contributed by atoms with Crippen LogP contribution in [0.5, 0.6) is 5.75 Å². The molecule has 2 atom stereocenters. The molecule has 162 valence electrons. The average Bonchev–Trinajstić information content (AvgIpc) is 3.23. The highest BCUT2D eigenvalue weighted by molar-refractivity contribution is 7.89. The van der Waals surface area contributed by atoms with Crippen LogP contribution < -0.4 is 20.9 Å². The van der Waals surface area contributed by atoms with Gasteiger partial charge in [0, 0.05) is 25.8 Å². The van der Waals surface area contributed by atoms with Gasteiger partial charge in [-0.25, -0.2) is 23.6 Å². The number of methoxy groups -OCH3 is 1. The van der Waals surface area contributed by atoms with Gasteiger partial charge in [-0.05, 0) is 48.2 Å². The lowest BCUT2D eigenvalue weighted by atomic mass is 10.0. The fourth-order valence-electron chi connectivity index (χ4n) is 3.35. The first-order valence-corrected chi connectivity index (χ1v) is 11.2. The molecule has 0 radical (unpaired) electrons. The molecule has 3 rings (SSSR count). The maximum atomic E-state index is 12.7. The topological polar surface area (TPSA) is 99.8 Å². The largest absolute Gasteiger partial charge is 0.495 e. The van der Waals surface area contributed by atoms with Crippen LogP contribution in [0.3, 0.4) is 0 Å². The van der Waals surface area contributed by atoms with Crippen molar-refractivity contribution < 1.29 is 17.9 Å². The average molecular weight is 433 g/mol. The van der Waals surface area contributed by atoms with Crippen LogP contribution >= 0.6 is 0 Å². The zero-order chi connectivity index (χ0) is 21.9. The lowest BCUT2D eigenvalue weighted by Crippen LogP contribution is -2.39. The van der Waals surface area contributed by atoms with Crippen LogP contribution in [0.2, 0.25) is 0 Å². The Kier molecular flexibility index (Phi) is 6.77. The van der Waals surface area contributed by atoms with Gasteiger partial charge in [-0.3, -0.25) is 4.79 Å². The number of aryl methyl sites for hydroxylation is 1. The minimum atomic E-state index is -3.67. The van der Waals surface area contributed by atoms with Crippen LogP contribution in [-0.4, -0.2) is 45.9 Å². The molecule has 1 aliphatic rings. The highest BCUT2D eigenvalue weighted by Gasteiger charge is 2.32. The monoisotopic (exact) mass is 432 g/mol. The number of ether oxygens (including phenoxy) is 1. The fraction of sp³-hybridized carbons (Fsp3) is 0.381. The predicted molar refractivity (Wildman–Crippen MR) is 116 cm³/mol. The Balaban J connectivity index is 1.75. The lowest BCUT2D eigenvalue weighted by molar-refractivity contribution is -0.117. The number of carbonyl (C=O) groups excluding carboxylic acids is 1. The third-order valence-corrected chi connectivity index (χ3v) is 7.01. The van der Waals surface area contributed by atoms with E-state index in [1.165, 1.54) is 21.2 Å². The molecule has 0 aliphatic carbocycles. The molecule has 0 bridgehead atoms. The first-order valence-electron chi connectivity index (χ1n) is 9.77. The number of sulfonamides is 1. The van der Waals surface area contributed by atoms with Crippen LogP contribution in [-0.2, 0) is 21.2 Å². The SMILES string of the molecule is CCc1cccc(NC(=O)C2CC(c3ccc(OC)c(S(=O)(=O)N(C)C)c3)NN2)c1. The second-order valence-electron chi connectivity index (χ2n) is 7.37. The van der Waals surface area contributed by atoms with E-state index in [0.29, 0.717) is 6.42 Å². The van der Waals surface area contributed by atoms with Gasteiger partial charge in [0.2, 0.25) is 15.9 Å². The third kappa shape index (κ3) is 4.65. The highest BCUT2D eigenvalue weighted by Crippen LogP contribution is 2.31. The number of nitrogens with one attached hydrogen (secondary N) is 3. The van der Waals surface area contributed by atoms with E-state index in [0.717, 1.165) is 27.5 Å². The normalized spacial score (nSPS) is 19.1. The minimum absolute atomic E-state index is 0.0959. The molecule has 1 heterocycles. The number of hydrogen-bond acceptors (Lipinski definition) is 6. The Morgan fingerprint density at radius 2 is 1.97 bits per heavy atom. The van der Waals surface area contributed by atoms with Gasteiger partial charge >= 0.3 is 0 Å². The number of rotatable bonds is 7. The van der Waals surface area contributed by atoms with Crippen LogP contribution in [0.1, 0.15) is 30.5 Å². The van der Waals surface area contributed by atoms with Gasteiger partial charge in [-0.1, -0.05) is 25.1 Å². The highest BCUT2D eigenvalue weighted by atomic mass is 32.2. The van der Waals surface area contributed by atoms with Crippen molar-refractivity contribution in [2.24, 2.45) is 0 Å². The van der Waals surface area contributed by atoms with Crippen LogP contribution in [0.25, 0.3) is 0 Å². The van der Waals surface area contributed by atoms with E-state index >= 15 is 0 Å². The smallest absolute Gasteiger partial charge is 0.246 e. The summed E-state index contributed by atoms with van der Waals surface area (Å²) in [7, 11) is 0.723. The molecule has 1 fully saturated rings.